The first-order chi connectivity index (χ1) is 15.2. The molecule has 2 N–H and O–H groups in total. The van der Waals surface area contributed by atoms with E-state index in [1.807, 2.05) is 36.4 Å². The molecule has 0 aliphatic rings. The van der Waals surface area contributed by atoms with Crippen LogP contribution in [0.1, 0.15) is 10.4 Å². The van der Waals surface area contributed by atoms with E-state index in [2.05, 4.69) is 20.9 Å². The largest absolute Gasteiger partial charge is 0.322 e. The molecular weight excluding hydrogens is 465 g/mol. The molecule has 1 atom stereocenters. The van der Waals surface area contributed by atoms with E-state index in [1.165, 1.54) is 12.3 Å². The first-order valence-corrected chi connectivity index (χ1v) is 12.5. The maximum absolute atomic E-state index is 12.8. The monoisotopic (exact) mass is 483 g/mol. The highest BCUT2D eigenvalue weighted by molar-refractivity contribution is 8.00. The summed E-state index contributed by atoms with van der Waals surface area (Å²) in [7, 11) is -2.45. The van der Waals surface area contributed by atoms with Crippen molar-refractivity contribution in [3.63, 3.8) is 0 Å². The van der Waals surface area contributed by atoms with Gasteiger partial charge in [-0.15, -0.1) is 0 Å². The van der Waals surface area contributed by atoms with Crippen LogP contribution in [0.5, 0.6) is 0 Å². The third kappa shape index (κ3) is 5.05. The van der Waals surface area contributed by atoms with Crippen LogP contribution in [0.15, 0.2) is 72.8 Å². The molecule has 0 saturated carbocycles. The molecule has 1 unspecified atom stereocenters. The summed E-state index contributed by atoms with van der Waals surface area (Å²) >= 11 is 12.7. The highest BCUT2D eigenvalue weighted by Gasteiger charge is 2.14. The number of anilines is 2. The normalized spacial score (nSPS) is 12.8. The number of hydrogen-bond acceptors (Lipinski definition) is 3. The molecule has 0 saturated heterocycles. The predicted molar refractivity (Wildman–Crippen MR) is 136 cm³/mol. The van der Waals surface area contributed by atoms with Crippen molar-refractivity contribution in [3.05, 3.63) is 88.4 Å². The van der Waals surface area contributed by atoms with Gasteiger partial charge in [-0.1, -0.05) is 47.5 Å². The van der Waals surface area contributed by atoms with Gasteiger partial charge in [0.1, 0.15) is 0 Å². The number of para-hydroxylation sites is 1. The Morgan fingerprint density at radius 1 is 0.938 bits per heavy atom. The van der Waals surface area contributed by atoms with Gasteiger partial charge in [-0.05, 0) is 54.4 Å². The van der Waals surface area contributed by atoms with Crippen LogP contribution in [-0.2, 0) is 9.71 Å². The SMILES string of the molecule is C=S(C)(=O)Nc1ccc(C(=O)Nc2ccc(Cl)c(-c3ccc4ccccc4n3)c2)c(Cl)c1. The highest BCUT2D eigenvalue weighted by Crippen LogP contribution is 2.31. The van der Waals surface area contributed by atoms with Crippen LogP contribution in [0.2, 0.25) is 10.0 Å². The molecule has 4 aromatic rings. The minimum atomic E-state index is -2.45. The lowest BCUT2D eigenvalue weighted by atomic mass is 10.1. The molecule has 1 amide bonds. The van der Waals surface area contributed by atoms with E-state index >= 15 is 0 Å². The number of nitrogens with one attached hydrogen (secondary N) is 2. The third-order valence-electron chi connectivity index (χ3n) is 4.65. The Morgan fingerprint density at radius 2 is 1.69 bits per heavy atom. The van der Waals surface area contributed by atoms with Crippen molar-refractivity contribution >= 4 is 67.0 Å². The summed E-state index contributed by atoms with van der Waals surface area (Å²) < 4.78 is 14.6. The van der Waals surface area contributed by atoms with Gasteiger partial charge in [0, 0.05) is 38.3 Å². The van der Waals surface area contributed by atoms with Gasteiger partial charge < -0.3 is 10.0 Å². The second-order valence-electron chi connectivity index (χ2n) is 7.34. The van der Waals surface area contributed by atoms with E-state index in [1.54, 1.807) is 30.3 Å². The Kier molecular flexibility index (Phi) is 6.11. The minimum absolute atomic E-state index is 0.224. The van der Waals surface area contributed by atoms with Gasteiger partial charge >= 0.3 is 0 Å². The zero-order valence-electron chi connectivity index (χ0n) is 17.1. The molecule has 4 rings (SSSR count). The number of aromatic nitrogens is 1. The van der Waals surface area contributed by atoms with Crippen molar-refractivity contribution in [1.29, 1.82) is 0 Å². The van der Waals surface area contributed by atoms with Gasteiger partial charge in [-0.3, -0.25) is 4.79 Å². The fourth-order valence-corrected chi connectivity index (χ4v) is 4.33. The number of benzene rings is 3. The highest BCUT2D eigenvalue weighted by atomic mass is 35.5. The lowest BCUT2D eigenvalue weighted by Gasteiger charge is -2.12. The maximum Gasteiger partial charge on any atom is 0.257 e. The van der Waals surface area contributed by atoms with E-state index in [4.69, 9.17) is 23.2 Å². The number of halogens is 2. The number of nitrogens with zero attached hydrogens (tertiary/aromatic N) is 1. The lowest BCUT2D eigenvalue weighted by molar-refractivity contribution is 0.102. The quantitative estimate of drug-likeness (QED) is 0.335. The molecule has 32 heavy (non-hydrogen) atoms. The van der Waals surface area contributed by atoms with Crippen LogP contribution in [0.25, 0.3) is 22.2 Å². The van der Waals surface area contributed by atoms with Crippen molar-refractivity contribution in [1.82, 2.24) is 4.98 Å². The van der Waals surface area contributed by atoms with Crippen molar-refractivity contribution in [2.75, 3.05) is 16.3 Å². The lowest BCUT2D eigenvalue weighted by Crippen LogP contribution is -2.13. The Bertz CT molecular complexity index is 1450. The second-order valence-corrected chi connectivity index (χ2v) is 10.4. The van der Waals surface area contributed by atoms with Gasteiger partial charge in [-0.2, -0.15) is 0 Å². The Hall–Kier alpha value is -3.06. The summed E-state index contributed by atoms with van der Waals surface area (Å²) in [6.07, 6.45) is 1.48. The summed E-state index contributed by atoms with van der Waals surface area (Å²) in [6.45, 7) is 0. The maximum atomic E-state index is 12.8. The van der Waals surface area contributed by atoms with E-state index in [0.29, 0.717) is 27.7 Å². The molecule has 1 aromatic heterocycles. The van der Waals surface area contributed by atoms with E-state index in [0.717, 1.165) is 10.9 Å². The van der Waals surface area contributed by atoms with Crippen LogP contribution in [0.4, 0.5) is 11.4 Å². The summed E-state index contributed by atoms with van der Waals surface area (Å²) in [6, 6.07) is 21.6. The molecule has 0 radical (unpaired) electrons. The number of fused-ring (bicyclic) bond motifs is 1. The molecule has 0 aliphatic carbocycles. The van der Waals surface area contributed by atoms with E-state index in [-0.39, 0.29) is 16.5 Å². The van der Waals surface area contributed by atoms with Crippen LogP contribution < -0.4 is 10.0 Å². The molecular formula is C24H19Cl2N3O2S. The number of amides is 1. The summed E-state index contributed by atoms with van der Waals surface area (Å²) in [5.74, 6) is 3.16. The molecule has 1 heterocycles. The van der Waals surface area contributed by atoms with Crippen molar-refractivity contribution in [3.8, 4) is 11.3 Å². The molecule has 3 aromatic carbocycles. The standard InChI is InChI=1S/C24H19Cl2N3O2S/c1-32(2,31)29-17-8-10-18(21(26)14-17)24(30)27-16-9-11-20(25)19(13-16)23-12-7-15-5-3-4-6-22(15)28-23/h3-14H,1H2,2H3,(H,27,30)(H,29,31). The Balaban J connectivity index is 1.60. The number of pyridine rings is 1. The summed E-state index contributed by atoms with van der Waals surface area (Å²) in [5, 5.41) is 4.62. The molecule has 0 aliphatic heterocycles. The van der Waals surface area contributed by atoms with Crippen molar-refractivity contribution < 1.29 is 9.00 Å². The first kappa shape index (κ1) is 22.1. The average Bonchev–Trinajstić information content (AvgIpc) is 2.73. The molecule has 8 heteroatoms. The van der Waals surface area contributed by atoms with E-state index < -0.39 is 9.71 Å². The van der Waals surface area contributed by atoms with Crippen LogP contribution in [0, 0.1) is 0 Å². The zero-order chi connectivity index (χ0) is 22.9. The third-order valence-corrected chi connectivity index (χ3v) is 5.96. The Morgan fingerprint density at radius 3 is 2.44 bits per heavy atom. The second kappa shape index (κ2) is 8.82. The number of rotatable bonds is 5. The zero-order valence-corrected chi connectivity index (χ0v) is 19.4. The number of carbonyl (C=O) groups excluding carboxylic acids is 1. The molecule has 162 valence electrons. The predicted octanol–water partition coefficient (Wildman–Crippen LogP) is 6.13. The molecule has 5 nitrogen and oxygen atoms in total. The van der Waals surface area contributed by atoms with Crippen LogP contribution in [0.3, 0.4) is 0 Å². The van der Waals surface area contributed by atoms with Crippen molar-refractivity contribution in [2.24, 2.45) is 0 Å². The van der Waals surface area contributed by atoms with Crippen LogP contribution in [-0.4, -0.2) is 27.2 Å². The average molecular weight is 484 g/mol. The van der Waals surface area contributed by atoms with E-state index in [9.17, 15) is 9.00 Å². The van der Waals surface area contributed by atoms with Gasteiger partial charge in [0.2, 0.25) is 0 Å². The molecule has 0 fully saturated rings. The minimum Gasteiger partial charge on any atom is -0.322 e. The van der Waals surface area contributed by atoms with Gasteiger partial charge in [0.05, 0.1) is 26.8 Å². The van der Waals surface area contributed by atoms with Gasteiger partial charge in [-0.25, -0.2) is 9.19 Å². The van der Waals surface area contributed by atoms with Crippen LogP contribution >= 0.6 is 23.2 Å². The van der Waals surface area contributed by atoms with Crippen molar-refractivity contribution in [2.45, 2.75) is 0 Å². The van der Waals surface area contributed by atoms with Gasteiger partial charge in [0.25, 0.3) is 5.91 Å². The fourth-order valence-electron chi connectivity index (χ4n) is 3.23. The van der Waals surface area contributed by atoms with Gasteiger partial charge in [0.15, 0.2) is 0 Å². The first-order valence-electron chi connectivity index (χ1n) is 9.56. The topological polar surface area (TPSA) is 71.1 Å². The Labute approximate surface area is 196 Å². The fraction of sp³-hybridized carbons (Fsp3) is 0.0417. The molecule has 0 bridgehead atoms. The molecule has 0 spiro atoms. The smallest absolute Gasteiger partial charge is 0.257 e. The number of carbonyl (C=O) groups is 1. The number of hydrogen-bond donors (Lipinski definition) is 2. The summed E-state index contributed by atoms with van der Waals surface area (Å²) in [4.78, 5) is 17.5. The summed E-state index contributed by atoms with van der Waals surface area (Å²) in [5.41, 5.74) is 3.62.